The van der Waals surface area contributed by atoms with Crippen LogP contribution in [0.2, 0.25) is 15.1 Å². The minimum Gasteiger partial charge on any atom is -0.354 e. The van der Waals surface area contributed by atoms with E-state index < -0.39 is 6.04 Å². The van der Waals surface area contributed by atoms with Crippen molar-refractivity contribution in [2.24, 2.45) is 0 Å². The summed E-state index contributed by atoms with van der Waals surface area (Å²) < 4.78 is 0. The van der Waals surface area contributed by atoms with Crippen molar-refractivity contribution in [1.29, 1.82) is 0 Å². The molecule has 0 fully saturated rings. The van der Waals surface area contributed by atoms with Gasteiger partial charge in [0.25, 0.3) is 0 Å². The molecule has 0 spiro atoms. The van der Waals surface area contributed by atoms with E-state index in [2.05, 4.69) is 12.2 Å². The number of halogens is 3. The Balaban J connectivity index is 2.23. The summed E-state index contributed by atoms with van der Waals surface area (Å²) in [6.07, 6.45) is 2.35. The topological polar surface area (TPSA) is 49.4 Å². The fraction of sp³-hybridized carbons (Fsp3) is 0.391. The average molecular weight is 502 g/mol. The zero-order valence-electron chi connectivity index (χ0n) is 17.7. The van der Waals surface area contributed by atoms with E-state index in [1.54, 1.807) is 35.2 Å². The molecule has 0 aromatic heterocycles. The third-order valence-electron chi connectivity index (χ3n) is 4.78. The Morgan fingerprint density at radius 1 is 1.03 bits per heavy atom. The molecule has 1 atom stereocenters. The van der Waals surface area contributed by atoms with E-state index in [0.717, 1.165) is 17.7 Å². The van der Waals surface area contributed by atoms with E-state index in [-0.39, 0.29) is 24.1 Å². The third kappa shape index (κ3) is 7.90. The predicted octanol–water partition coefficient (Wildman–Crippen LogP) is 6.46. The van der Waals surface area contributed by atoms with Crippen molar-refractivity contribution in [1.82, 2.24) is 10.2 Å². The van der Waals surface area contributed by atoms with Crippen LogP contribution in [-0.2, 0) is 16.1 Å². The lowest BCUT2D eigenvalue weighted by atomic mass is 10.1. The van der Waals surface area contributed by atoms with Gasteiger partial charge in [0.1, 0.15) is 6.04 Å². The van der Waals surface area contributed by atoms with Crippen LogP contribution in [0.5, 0.6) is 0 Å². The first-order chi connectivity index (χ1) is 14.9. The van der Waals surface area contributed by atoms with E-state index in [1.165, 1.54) is 11.8 Å². The molecular formula is C23H27Cl3N2O2S. The first-order valence-corrected chi connectivity index (χ1v) is 12.4. The molecule has 0 aliphatic carbocycles. The van der Waals surface area contributed by atoms with Gasteiger partial charge in [-0.1, -0.05) is 61.1 Å². The molecule has 2 aromatic carbocycles. The van der Waals surface area contributed by atoms with Crippen molar-refractivity contribution < 1.29 is 9.59 Å². The minimum atomic E-state index is -0.609. The van der Waals surface area contributed by atoms with Crippen molar-refractivity contribution in [2.45, 2.75) is 50.6 Å². The SMILES string of the molecule is CCCCNC(=O)C(CC)N(Cc1c(Cl)cccc1Cl)C(=O)CSc1ccc(Cl)cc1. The summed E-state index contributed by atoms with van der Waals surface area (Å²) in [5.74, 6) is -0.139. The molecular weight excluding hydrogens is 475 g/mol. The van der Waals surface area contributed by atoms with Gasteiger partial charge in [-0.05, 0) is 49.2 Å². The predicted molar refractivity (Wildman–Crippen MR) is 131 cm³/mol. The highest BCUT2D eigenvalue weighted by Crippen LogP contribution is 2.28. The lowest BCUT2D eigenvalue weighted by Crippen LogP contribution is -2.49. The molecule has 2 rings (SSSR count). The molecule has 1 unspecified atom stereocenters. The number of unbranched alkanes of at least 4 members (excludes halogenated alkanes) is 1. The minimum absolute atomic E-state index is 0.159. The smallest absolute Gasteiger partial charge is 0.242 e. The highest BCUT2D eigenvalue weighted by molar-refractivity contribution is 8.00. The number of nitrogens with one attached hydrogen (secondary N) is 1. The molecule has 0 heterocycles. The van der Waals surface area contributed by atoms with E-state index in [0.29, 0.717) is 33.6 Å². The van der Waals surface area contributed by atoms with Crippen molar-refractivity contribution in [3.05, 3.63) is 63.1 Å². The summed E-state index contributed by atoms with van der Waals surface area (Å²) in [5.41, 5.74) is 0.635. The lowest BCUT2D eigenvalue weighted by molar-refractivity contribution is -0.139. The van der Waals surface area contributed by atoms with Crippen LogP contribution in [0, 0.1) is 0 Å². The number of carbonyl (C=O) groups excluding carboxylic acids is 2. The van der Waals surface area contributed by atoms with E-state index in [9.17, 15) is 9.59 Å². The quantitative estimate of drug-likeness (QED) is 0.284. The number of hydrogen-bond acceptors (Lipinski definition) is 3. The van der Waals surface area contributed by atoms with Gasteiger partial charge in [-0.15, -0.1) is 11.8 Å². The molecule has 2 aromatic rings. The fourth-order valence-electron chi connectivity index (χ4n) is 3.04. The van der Waals surface area contributed by atoms with Crippen LogP contribution in [0.4, 0.5) is 0 Å². The first-order valence-electron chi connectivity index (χ1n) is 10.3. The molecule has 0 aliphatic rings. The van der Waals surface area contributed by atoms with Gasteiger partial charge in [-0.25, -0.2) is 0 Å². The van der Waals surface area contributed by atoms with Crippen LogP contribution in [0.15, 0.2) is 47.4 Å². The van der Waals surface area contributed by atoms with Crippen LogP contribution < -0.4 is 5.32 Å². The monoisotopic (exact) mass is 500 g/mol. The fourth-order valence-corrected chi connectivity index (χ4v) is 4.47. The Labute approximate surface area is 203 Å². The maximum atomic E-state index is 13.3. The van der Waals surface area contributed by atoms with E-state index in [4.69, 9.17) is 34.8 Å². The van der Waals surface area contributed by atoms with Gasteiger partial charge in [0.15, 0.2) is 0 Å². The van der Waals surface area contributed by atoms with Crippen LogP contribution in [0.3, 0.4) is 0 Å². The average Bonchev–Trinajstić information content (AvgIpc) is 2.75. The van der Waals surface area contributed by atoms with Crippen molar-refractivity contribution in [2.75, 3.05) is 12.3 Å². The van der Waals surface area contributed by atoms with Gasteiger partial charge in [0.05, 0.1) is 5.75 Å². The van der Waals surface area contributed by atoms with Gasteiger partial charge in [-0.2, -0.15) is 0 Å². The summed E-state index contributed by atoms with van der Waals surface area (Å²) in [5, 5.41) is 4.52. The summed E-state index contributed by atoms with van der Waals surface area (Å²) in [6.45, 7) is 4.70. The van der Waals surface area contributed by atoms with Crippen LogP contribution in [0.1, 0.15) is 38.7 Å². The number of nitrogens with zero attached hydrogens (tertiary/aromatic N) is 1. The first kappa shape index (κ1) is 25.9. The molecule has 0 aliphatic heterocycles. The van der Waals surface area contributed by atoms with E-state index >= 15 is 0 Å². The van der Waals surface area contributed by atoms with Crippen molar-refractivity contribution >= 4 is 58.4 Å². The highest BCUT2D eigenvalue weighted by Gasteiger charge is 2.29. The van der Waals surface area contributed by atoms with Gasteiger partial charge in [0.2, 0.25) is 11.8 Å². The standard InChI is InChI=1S/C23H27Cl3N2O2S/c1-3-5-13-27-23(30)21(4-2)28(14-18-19(25)7-6-8-20(18)26)22(29)15-31-17-11-9-16(24)10-12-17/h6-12,21H,3-5,13-15H2,1-2H3,(H,27,30). The Hall–Kier alpha value is -1.40. The second-order valence-electron chi connectivity index (χ2n) is 7.03. The van der Waals surface area contributed by atoms with Gasteiger partial charge >= 0.3 is 0 Å². The van der Waals surface area contributed by atoms with Gasteiger partial charge < -0.3 is 10.2 Å². The zero-order chi connectivity index (χ0) is 22.8. The largest absolute Gasteiger partial charge is 0.354 e. The van der Waals surface area contributed by atoms with Crippen LogP contribution in [-0.4, -0.2) is 35.1 Å². The molecule has 2 amide bonds. The Morgan fingerprint density at radius 3 is 2.26 bits per heavy atom. The zero-order valence-corrected chi connectivity index (χ0v) is 20.8. The second-order valence-corrected chi connectivity index (χ2v) is 9.33. The number of carbonyl (C=O) groups is 2. The molecule has 1 N–H and O–H groups in total. The summed E-state index contributed by atoms with van der Waals surface area (Å²) in [4.78, 5) is 28.6. The molecule has 8 heteroatoms. The summed E-state index contributed by atoms with van der Waals surface area (Å²) in [6, 6.07) is 11.9. The molecule has 168 valence electrons. The highest BCUT2D eigenvalue weighted by atomic mass is 35.5. The van der Waals surface area contributed by atoms with Gasteiger partial charge in [0, 0.05) is 38.6 Å². The summed E-state index contributed by atoms with van der Waals surface area (Å²) >= 11 is 20.0. The Morgan fingerprint density at radius 2 is 1.68 bits per heavy atom. The molecule has 0 bridgehead atoms. The molecule has 0 radical (unpaired) electrons. The molecule has 4 nitrogen and oxygen atoms in total. The normalized spacial score (nSPS) is 11.8. The second kappa shape index (κ2) is 13.2. The maximum Gasteiger partial charge on any atom is 0.242 e. The Bertz CT molecular complexity index is 857. The Kier molecular flexibility index (Phi) is 11.0. The van der Waals surface area contributed by atoms with Crippen LogP contribution >= 0.6 is 46.6 Å². The number of rotatable bonds is 11. The third-order valence-corrected chi connectivity index (χ3v) is 6.74. The van der Waals surface area contributed by atoms with Gasteiger partial charge in [-0.3, -0.25) is 9.59 Å². The number of thioether (sulfide) groups is 1. The van der Waals surface area contributed by atoms with Crippen molar-refractivity contribution in [3.8, 4) is 0 Å². The maximum absolute atomic E-state index is 13.3. The molecule has 31 heavy (non-hydrogen) atoms. The number of amides is 2. The van der Waals surface area contributed by atoms with E-state index in [1.807, 2.05) is 19.1 Å². The summed E-state index contributed by atoms with van der Waals surface area (Å²) in [7, 11) is 0. The number of benzene rings is 2. The molecule has 0 saturated carbocycles. The van der Waals surface area contributed by atoms with Crippen LogP contribution in [0.25, 0.3) is 0 Å². The van der Waals surface area contributed by atoms with Crippen molar-refractivity contribution in [3.63, 3.8) is 0 Å². The molecule has 0 saturated heterocycles. The lowest BCUT2D eigenvalue weighted by Gasteiger charge is -2.31. The number of hydrogen-bond donors (Lipinski definition) is 1.